The van der Waals surface area contributed by atoms with E-state index < -0.39 is 0 Å². The molecular weight excluding hydrogens is 272 g/mol. The van der Waals surface area contributed by atoms with Gasteiger partial charge in [0.15, 0.2) is 0 Å². The summed E-state index contributed by atoms with van der Waals surface area (Å²) in [4.78, 5) is 18.0. The Balaban J connectivity index is 1.73. The van der Waals surface area contributed by atoms with Crippen LogP contribution in [0.4, 0.5) is 0 Å². The summed E-state index contributed by atoms with van der Waals surface area (Å²) < 4.78 is 0. The molecule has 1 amide bonds. The monoisotopic (exact) mass is 288 g/mol. The molecule has 1 aromatic carbocycles. The third-order valence-corrected chi connectivity index (χ3v) is 4.37. The van der Waals surface area contributed by atoms with E-state index in [1.165, 1.54) is 10.9 Å². The molecule has 1 atom stereocenters. The van der Waals surface area contributed by atoms with Crippen molar-refractivity contribution in [2.24, 2.45) is 5.92 Å². The molecule has 1 aliphatic rings. The molecule has 1 saturated heterocycles. The fourth-order valence-electron chi connectivity index (χ4n) is 2.84. The van der Waals surface area contributed by atoms with Gasteiger partial charge >= 0.3 is 0 Å². The average Bonchev–Trinajstić information content (AvgIpc) is 2.85. The number of nitrogens with zero attached hydrogens (tertiary/aromatic N) is 2. The molecule has 20 heavy (non-hydrogen) atoms. The number of aromatic nitrogens is 1. The van der Waals surface area contributed by atoms with Crippen LogP contribution in [0.1, 0.15) is 12.0 Å². The standard InChI is InChI=1S/C16H17ClN2O/c17-9-12-8-16(20)19(11-12)7-5-13-2-1-3-14-10-18-6-4-15(13)14/h1-4,6,10,12H,5,7-9,11H2. The lowest BCUT2D eigenvalue weighted by atomic mass is 10.0. The largest absolute Gasteiger partial charge is 0.342 e. The number of fused-ring (bicyclic) bond motifs is 1. The Hall–Kier alpha value is -1.61. The topological polar surface area (TPSA) is 33.2 Å². The normalized spacial score (nSPS) is 18.9. The van der Waals surface area contributed by atoms with Gasteiger partial charge in [-0.15, -0.1) is 11.6 Å². The number of carbonyl (C=O) groups excluding carboxylic acids is 1. The van der Waals surface area contributed by atoms with E-state index >= 15 is 0 Å². The smallest absolute Gasteiger partial charge is 0.222 e. The van der Waals surface area contributed by atoms with Crippen LogP contribution in [0.25, 0.3) is 10.8 Å². The zero-order valence-corrected chi connectivity index (χ0v) is 12.0. The van der Waals surface area contributed by atoms with E-state index in [1.54, 1.807) is 0 Å². The van der Waals surface area contributed by atoms with Crippen molar-refractivity contribution in [3.8, 4) is 0 Å². The molecule has 1 aliphatic heterocycles. The van der Waals surface area contributed by atoms with Crippen LogP contribution in [0.3, 0.4) is 0 Å². The van der Waals surface area contributed by atoms with Gasteiger partial charge in [-0.05, 0) is 29.4 Å². The quantitative estimate of drug-likeness (QED) is 0.811. The lowest BCUT2D eigenvalue weighted by Crippen LogP contribution is -2.27. The molecule has 0 spiro atoms. The lowest BCUT2D eigenvalue weighted by Gasteiger charge is -2.16. The number of benzene rings is 1. The van der Waals surface area contributed by atoms with Crippen LogP contribution >= 0.6 is 11.6 Å². The highest BCUT2D eigenvalue weighted by atomic mass is 35.5. The molecule has 0 radical (unpaired) electrons. The van der Waals surface area contributed by atoms with Crippen LogP contribution < -0.4 is 0 Å². The van der Waals surface area contributed by atoms with Crippen LogP contribution in [-0.4, -0.2) is 34.8 Å². The minimum atomic E-state index is 0.234. The second kappa shape index (κ2) is 5.80. The number of amides is 1. The summed E-state index contributed by atoms with van der Waals surface area (Å²) in [5.74, 6) is 1.13. The summed E-state index contributed by atoms with van der Waals surface area (Å²) in [5, 5.41) is 2.37. The van der Waals surface area contributed by atoms with Gasteiger partial charge in [0.2, 0.25) is 5.91 Å². The van der Waals surface area contributed by atoms with Crippen molar-refractivity contribution >= 4 is 28.3 Å². The first kappa shape index (κ1) is 13.4. The number of hydrogen-bond acceptors (Lipinski definition) is 2. The van der Waals surface area contributed by atoms with E-state index in [9.17, 15) is 4.79 Å². The first-order valence-corrected chi connectivity index (χ1v) is 7.46. The number of alkyl halides is 1. The predicted molar refractivity (Wildman–Crippen MR) is 80.9 cm³/mol. The number of likely N-dealkylation sites (tertiary alicyclic amines) is 1. The van der Waals surface area contributed by atoms with Crippen LogP contribution in [-0.2, 0) is 11.2 Å². The third kappa shape index (κ3) is 2.63. The van der Waals surface area contributed by atoms with E-state index in [2.05, 4.69) is 17.1 Å². The van der Waals surface area contributed by atoms with Crippen molar-refractivity contribution in [3.05, 3.63) is 42.2 Å². The van der Waals surface area contributed by atoms with E-state index in [1.807, 2.05) is 29.4 Å². The number of hydrogen-bond donors (Lipinski definition) is 0. The third-order valence-electron chi connectivity index (χ3n) is 3.93. The summed E-state index contributed by atoms with van der Waals surface area (Å²) in [6, 6.07) is 8.28. The predicted octanol–water partition coefficient (Wildman–Crippen LogP) is 2.86. The van der Waals surface area contributed by atoms with Crippen LogP contribution in [0.5, 0.6) is 0 Å². The van der Waals surface area contributed by atoms with E-state index in [4.69, 9.17) is 11.6 Å². The number of rotatable bonds is 4. The first-order chi connectivity index (χ1) is 9.78. The molecule has 3 rings (SSSR count). The summed E-state index contributed by atoms with van der Waals surface area (Å²) in [6.45, 7) is 1.57. The van der Waals surface area contributed by atoms with Crippen LogP contribution in [0.15, 0.2) is 36.7 Å². The zero-order chi connectivity index (χ0) is 13.9. The van der Waals surface area contributed by atoms with Gasteiger partial charge in [0, 0.05) is 43.2 Å². The SMILES string of the molecule is O=C1CC(CCl)CN1CCc1cccc2cnccc12. The van der Waals surface area contributed by atoms with Gasteiger partial charge in [-0.1, -0.05) is 18.2 Å². The van der Waals surface area contributed by atoms with Gasteiger partial charge in [0.25, 0.3) is 0 Å². The summed E-state index contributed by atoms with van der Waals surface area (Å²) in [5.41, 5.74) is 1.27. The molecular formula is C16H17ClN2O. The maximum absolute atomic E-state index is 11.9. The summed E-state index contributed by atoms with van der Waals surface area (Å²) in [7, 11) is 0. The Morgan fingerprint density at radius 3 is 3.05 bits per heavy atom. The molecule has 1 unspecified atom stereocenters. The molecule has 0 aliphatic carbocycles. The van der Waals surface area contributed by atoms with Crippen molar-refractivity contribution < 1.29 is 4.79 Å². The highest BCUT2D eigenvalue weighted by Gasteiger charge is 2.28. The second-order valence-corrected chi connectivity index (χ2v) is 5.64. The fourth-order valence-corrected chi connectivity index (χ4v) is 3.04. The maximum Gasteiger partial charge on any atom is 0.222 e. The minimum absolute atomic E-state index is 0.234. The second-order valence-electron chi connectivity index (χ2n) is 5.33. The van der Waals surface area contributed by atoms with Gasteiger partial charge in [-0.3, -0.25) is 9.78 Å². The van der Waals surface area contributed by atoms with Crippen molar-refractivity contribution in [2.45, 2.75) is 12.8 Å². The number of pyridine rings is 1. The molecule has 0 saturated carbocycles. The van der Waals surface area contributed by atoms with Crippen LogP contribution in [0.2, 0.25) is 0 Å². The number of halogens is 1. The molecule has 1 aromatic heterocycles. The summed E-state index contributed by atoms with van der Waals surface area (Å²) in [6.07, 6.45) is 5.17. The minimum Gasteiger partial charge on any atom is -0.342 e. The molecule has 2 heterocycles. The fraction of sp³-hybridized carbons (Fsp3) is 0.375. The molecule has 2 aromatic rings. The van der Waals surface area contributed by atoms with Crippen molar-refractivity contribution in [2.75, 3.05) is 19.0 Å². The highest BCUT2D eigenvalue weighted by Crippen LogP contribution is 2.21. The molecule has 4 heteroatoms. The van der Waals surface area contributed by atoms with Gasteiger partial charge in [0.1, 0.15) is 0 Å². The van der Waals surface area contributed by atoms with E-state index in [-0.39, 0.29) is 5.91 Å². The maximum atomic E-state index is 11.9. The Bertz CT molecular complexity index is 623. The molecule has 0 N–H and O–H groups in total. The Morgan fingerprint density at radius 2 is 2.25 bits per heavy atom. The van der Waals surface area contributed by atoms with Crippen molar-refractivity contribution in [1.82, 2.24) is 9.88 Å². The van der Waals surface area contributed by atoms with E-state index in [0.29, 0.717) is 18.2 Å². The number of carbonyl (C=O) groups is 1. The zero-order valence-electron chi connectivity index (χ0n) is 11.3. The van der Waals surface area contributed by atoms with Gasteiger partial charge < -0.3 is 4.90 Å². The Labute approximate surface area is 123 Å². The van der Waals surface area contributed by atoms with Crippen LogP contribution in [0, 0.1) is 5.92 Å². The molecule has 1 fully saturated rings. The van der Waals surface area contributed by atoms with Gasteiger partial charge in [-0.25, -0.2) is 0 Å². The molecule has 104 valence electrons. The van der Waals surface area contributed by atoms with E-state index in [0.717, 1.165) is 24.9 Å². The molecule has 3 nitrogen and oxygen atoms in total. The Morgan fingerprint density at radius 1 is 1.35 bits per heavy atom. The van der Waals surface area contributed by atoms with Gasteiger partial charge in [0.05, 0.1) is 0 Å². The van der Waals surface area contributed by atoms with Crippen molar-refractivity contribution in [1.29, 1.82) is 0 Å². The van der Waals surface area contributed by atoms with Crippen molar-refractivity contribution in [3.63, 3.8) is 0 Å². The lowest BCUT2D eigenvalue weighted by molar-refractivity contribution is -0.127. The highest BCUT2D eigenvalue weighted by molar-refractivity contribution is 6.18. The Kier molecular flexibility index (Phi) is 3.88. The molecule has 0 bridgehead atoms. The summed E-state index contributed by atoms with van der Waals surface area (Å²) >= 11 is 5.85. The van der Waals surface area contributed by atoms with Gasteiger partial charge in [-0.2, -0.15) is 0 Å². The first-order valence-electron chi connectivity index (χ1n) is 6.93. The average molecular weight is 289 g/mol.